The van der Waals surface area contributed by atoms with Gasteiger partial charge in [-0.3, -0.25) is 4.79 Å². The summed E-state index contributed by atoms with van der Waals surface area (Å²) >= 11 is 0. The van der Waals surface area contributed by atoms with Crippen LogP contribution in [0.2, 0.25) is 0 Å². The normalized spacial score (nSPS) is 10.8. The average molecular weight is 274 g/mol. The van der Waals surface area contributed by atoms with Crippen molar-refractivity contribution < 1.29 is 14.6 Å². The Bertz CT molecular complexity index is 501. The molecule has 0 heterocycles. The maximum atomic E-state index is 11.7. The first-order chi connectivity index (χ1) is 9.71. The first-order valence-electron chi connectivity index (χ1n) is 6.45. The van der Waals surface area contributed by atoms with E-state index in [0.29, 0.717) is 19.6 Å². The van der Waals surface area contributed by atoms with Crippen LogP contribution < -0.4 is 10.1 Å². The van der Waals surface area contributed by atoms with Crippen LogP contribution in [0.5, 0.6) is 5.75 Å². The minimum Gasteiger partial charge on any atom is -0.494 e. The largest absolute Gasteiger partial charge is 0.494 e. The van der Waals surface area contributed by atoms with Crippen molar-refractivity contribution in [3.05, 3.63) is 35.4 Å². The van der Waals surface area contributed by atoms with Crippen molar-refractivity contribution in [2.75, 3.05) is 19.8 Å². The van der Waals surface area contributed by atoms with Crippen molar-refractivity contribution in [3.63, 3.8) is 0 Å². The van der Waals surface area contributed by atoms with Gasteiger partial charge in [0.2, 0.25) is 0 Å². The molecule has 2 N–H and O–H groups in total. The number of amides is 1. The van der Waals surface area contributed by atoms with Gasteiger partial charge >= 0.3 is 0 Å². The summed E-state index contributed by atoms with van der Waals surface area (Å²) in [4.78, 5) is 11.7. The van der Waals surface area contributed by atoms with Crippen LogP contribution in [0.3, 0.4) is 0 Å². The van der Waals surface area contributed by atoms with Gasteiger partial charge in [-0.05, 0) is 37.1 Å². The SMILES string of the molecule is CCOc1ccc(/C=C(/C#N)C(=O)NCCCO)cc1. The Labute approximate surface area is 118 Å². The lowest BCUT2D eigenvalue weighted by atomic mass is 10.1. The Balaban J connectivity index is 2.73. The predicted molar refractivity (Wildman–Crippen MR) is 75.9 cm³/mol. The zero-order chi connectivity index (χ0) is 14.8. The summed E-state index contributed by atoms with van der Waals surface area (Å²) in [6, 6.07) is 9.01. The van der Waals surface area contributed by atoms with Gasteiger partial charge in [0.25, 0.3) is 5.91 Å². The third kappa shape index (κ3) is 5.12. The smallest absolute Gasteiger partial charge is 0.261 e. The predicted octanol–water partition coefficient (Wildman–Crippen LogP) is 1.49. The summed E-state index contributed by atoms with van der Waals surface area (Å²) in [7, 11) is 0. The zero-order valence-electron chi connectivity index (χ0n) is 11.4. The highest BCUT2D eigenvalue weighted by atomic mass is 16.5. The molecule has 0 aliphatic rings. The van der Waals surface area contributed by atoms with E-state index in [1.54, 1.807) is 24.3 Å². The maximum absolute atomic E-state index is 11.7. The summed E-state index contributed by atoms with van der Waals surface area (Å²) in [6.45, 7) is 2.84. The second kappa shape index (κ2) is 8.73. The highest BCUT2D eigenvalue weighted by Gasteiger charge is 2.07. The highest BCUT2D eigenvalue weighted by molar-refractivity contribution is 6.01. The van der Waals surface area contributed by atoms with Crippen LogP contribution in [0.15, 0.2) is 29.8 Å². The van der Waals surface area contributed by atoms with E-state index in [-0.39, 0.29) is 12.2 Å². The monoisotopic (exact) mass is 274 g/mol. The molecule has 0 spiro atoms. The number of ether oxygens (including phenoxy) is 1. The number of carbonyl (C=O) groups is 1. The van der Waals surface area contributed by atoms with E-state index >= 15 is 0 Å². The molecule has 106 valence electrons. The average Bonchev–Trinajstić information content (AvgIpc) is 2.47. The molecule has 0 aliphatic heterocycles. The van der Waals surface area contributed by atoms with Gasteiger partial charge < -0.3 is 15.2 Å². The third-order valence-electron chi connectivity index (χ3n) is 2.49. The maximum Gasteiger partial charge on any atom is 0.261 e. The van der Waals surface area contributed by atoms with Gasteiger partial charge in [-0.15, -0.1) is 0 Å². The Morgan fingerprint density at radius 1 is 1.45 bits per heavy atom. The minimum absolute atomic E-state index is 0.00473. The number of carbonyl (C=O) groups excluding carboxylic acids is 1. The number of hydrogen-bond acceptors (Lipinski definition) is 4. The van der Waals surface area contributed by atoms with Crippen molar-refractivity contribution in [2.24, 2.45) is 0 Å². The van der Waals surface area contributed by atoms with Crippen LogP contribution in [0.4, 0.5) is 0 Å². The van der Waals surface area contributed by atoms with Gasteiger partial charge in [-0.25, -0.2) is 0 Å². The van der Waals surface area contributed by atoms with E-state index in [1.165, 1.54) is 6.08 Å². The Hall–Kier alpha value is -2.32. The molecule has 1 amide bonds. The molecule has 0 saturated heterocycles. The number of aliphatic hydroxyl groups excluding tert-OH is 1. The van der Waals surface area contributed by atoms with Gasteiger partial charge in [0.05, 0.1) is 6.61 Å². The van der Waals surface area contributed by atoms with E-state index < -0.39 is 5.91 Å². The molecule has 1 rings (SSSR count). The standard InChI is InChI=1S/C15H18N2O3/c1-2-20-14-6-4-12(5-7-14)10-13(11-16)15(19)17-8-3-9-18/h4-7,10,18H,2-3,8-9H2,1H3,(H,17,19)/b13-10-. The molecule has 0 bridgehead atoms. The molecule has 0 saturated carbocycles. The highest BCUT2D eigenvalue weighted by Crippen LogP contribution is 2.14. The molecule has 0 aromatic heterocycles. The Kier molecular flexibility index (Phi) is 6.87. The van der Waals surface area contributed by atoms with Crippen molar-refractivity contribution in [1.82, 2.24) is 5.32 Å². The molecule has 0 radical (unpaired) electrons. The van der Waals surface area contributed by atoms with Gasteiger partial charge in [0.15, 0.2) is 0 Å². The number of nitriles is 1. The lowest BCUT2D eigenvalue weighted by Gasteiger charge is -2.04. The number of hydrogen-bond donors (Lipinski definition) is 2. The summed E-state index contributed by atoms with van der Waals surface area (Å²) in [6.07, 6.45) is 1.98. The summed E-state index contributed by atoms with van der Waals surface area (Å²) in [5, 5.41) is 20.2. The molecule has 5 heteroatoms. The van der Waals surface area contributed by atoms with Gasteiger partial charge in [0, 0.05) is 13.2 Å². The van der Waals surface area contributed by atoms with Crippen molar-refractivity contribution >= 4 is 12.0 Å². The molecule has 0 fully saturated rings. The second-order valence-corrected chi connectivity index (χ2v) is 4.00. The van der Waals surface area contributed by atoms with Gasteiger partial charge in [-0.1, -0.05) is 12.1 Å². The third-order valence-corrected chi connectivity index (χ3v) is 2.49. The molecule has 0 unspecified atom stereocenters. The lowest BCUT2D eigenvalue weighted by molar-refractivity contribution is -0.117. The molecule has 0 aliphatic carbocycles. The lowest BCUT2D eigenvalue weighted by Crippen LogP contribution is -2.26. The molecular formula is C15H18N2O3. The van der Waals surface area contributed by atoms with Crippen LogP contribution in [-0.2, 0) is 4.79 Å². The minimum atomic E-state index is -0.435. The quantitative estimate of drug-likeness (QED) is 0.448. The van der Waals surface area contributed by atoms with E-state index in [1.807, 2.05) is 13.0 Å². The zero-order valence-corrected chi connectivity index (χ0v) is 11.4. The summed E-state index contributed by atoms with van der Waals surface area (Å²) in [5.41, 5.74) is 0.786. The van der Waals surface area contributed by atoms with E-state index in [4.69, 9.17) is 15.1 Å². The molecule has 0 atom stereocenters. The first kappa shape index (κ1) is 15.7. The van der Waals surface area contributed by atoms with Gasteiger partial charge in [-0.2, -0.15) is 5.26 Å². The summed E-state index contributed by atoms with van der Waals surface area (Å²) < 4.78 is 5.32. The fourth-order valence-corrected chi connectivity index (χ4v) is 1.52. The van der Waals surface area contributed by atoms with Crippen molar-refractivity contribution in [1.29, 1.82) is 5.26 Å². The fraction of sp³-hybridized carbons (Fsp3) is 0.333. The van der Waals surface area contributed by atoms with Gasteiger partial charge in [0.1, 0.15) is 17.4 Å². The second-order valence-electron chi connectivity index (χ2n) is 4.00. The topological polar surface area (TPSA) is 82.3 Å². The fourth-order valence-electron chi connectivity index (χ4n) is 1.52. The molecule has 1 aromatic rings. The van der Waals surface area contributed by atoms with E-state index in [9.17, 15) is 4.79 Å². The van der Waals surface area contributed by atoms with Crippen LogP contribution in [-0.4, -0.2) is 30.8 Å². The summed E-state index contributed by atoms with van der Waals surface area (Å²) in [5.74, 6) is 0.311. The van der Waals surface area contributed by atoms with E-state index in [0.717, 1.165) is 11.3 Å². The van der Waals surface area contributed by atoms with Crippen molar-refractivity contribution in [2.45, 2.75) is 13.3 Å². The molecule has 1 aromatic carbocycles. The number of aliphatic hydroxyl groups is 1. The number of rotatable bonds is 7. The Morgan fingerprint density at radius 3 is 2.70 bits per heavy atom. The molecule has 20 heavy (non-hydrogen) atoms. The van der Waals surface area contributed by atoms with E-state index in [2.05, 4.69) is 5.32 Å². The van der Waals surface area contributed by atoms with Crippen molar-refractivity contribution in [3.8, 4) is 11.8 Å². The van der Waals surface area contributed by atoms with Crippen LogP contribution in [0.25, 0.3) is 6.08 Å². The first-order valence-corrected chi connectivity index (χ1v) is 6.45. The number of nitrogens with one attached hydrogen (secondary N) is 1. The number of nitrogens with zero attached hydrogens (tertiary/aromatic N) is 1. The Morgan fingerprint density at radius 2 is 2.15 bits per heavy atom. The number of benzene rings is 1. The van der Waals surface area contributed by atoms with Crippen LogP contribution in [0, 0.1) is 11.3 Å². The van der Waals surface area contributed by atoms with Crippen LogP contribution in [0.1, 0.15) is 18.9 Å². The van der Waals surface area contributed by atoms with Crippen LogP contribution >= 0.6 is 0 Å². The molecular weight excluding hydrogens is 256 g/mol. The molecule has 5 nitrogen and oxygen atoms in total.